The van der Waals surface area contributed by atoms with Crippen LogP contribution in [0.5, 0.6) is 0 Å². The fourth-order valence-corrected chi connectivity index (χ4v) is 2.99. The Labute approximate surface area is 110 Å². The molecule has 2 unspecified atom stereocenters. The number of nitrogens with one attached hydrogen (secondary N) is 2. The zero-order valence-electron chi connectivity index (χ0n) is 11.6. The lowest BCUT2D eigenvalue weighted by Crippen LogP contribution is -2.50. The second-order valence-electron chi connectivity index (χ2n) is 5.45. The van der Waals surface area contributed by atoms with Gasteiger partial charge in [0, 0.05) is 38.8 Å². The Balaban J connectivity index is 1.70. The molecule has 2 aliphatic rings. The van der Waals surface area contributed by atoms with Crippen molar-refractivity contribution >= 4 is 6.03 Å². The van der Waals surface area contributed by atoms with Crippen LogP contribution in [0.2, 0.25) is 0 Å². The van der Waals surface area contributed by atoms with Gasteiger partial charge in [-0.3, -0.25) is 0 Å². The molecular formula is C13H26N4O. The van der Waals surface area contributed by atoms with Crippen molar-refractivity contribution in [1.29, 1.82) is 0 Å². The van der Waals surface area contributed by atoms with E-state index in [-0.39, 0.29) is 6.03 Å². The molecule has 18 heavy (non-hydrogen) atoms. The van der Waals surface area contributed by atoms with Gasteiger partial charge in [0.05, 0.1) is 0 Å². The molecule has 0 spiro atoms. The Morgan fingerprint density at radius 3 is 2.83 bits per heavy atom. The summed E-state index contributed by atoms with van der Waals surface area (Å²) >= 11 is 0. The van der Waals surface area contributed by atoms with E-state index in [0.717, 1.165) is 45.8 Å². The number of piperidine rings is 1. The normalized spacial score (nSPS) is 29.7. The van der Waals surface area contributed by atoms with Crippen LogP contribution in [0, 0.1) is 5.92 Å². The van der Waals surface area contributed by atoms with Crippen LogP contribution in [0.4, 0.5) is 4.79 Å². The van der Waals surface area contributed by atoms with Crippen molar-refractivity contribution in [2.75, 3.05) is 45.8 Å². The number of hydrogen-bond acceptors (Lipinski definition) is 3. The molecule has 2 saturated heterocycles. The minimum Gasteiger partial charge on any atom is -0.336 e. The molecule has 5 heteroatoms. The molecule has 0 saturated carbocycles. The van der Waals surface area contributed by atoms with E-state index in [9.17, 15) is 4.79 Å². The van der Waals surface area contributed by atoms with Gasteiger partial charge in [0.15, 0.2) is 0 Å². The summed E-state index contributed by atoms with van der Waals surface area (Å²) in [6.45, 7) is 11.4. The predicted molar refractivity (Wildman–Crippen MR) is 72.7 cm³/mol. The van der Waals surface area contributed by atoms with Gasteiger partial charge in [0.25, 0.3) is 0 Å². The summed E-state index contributed by atoms with van der Waals surface area (Å²) in [5.74, 6) is 0.700. The number of rotatable bonds is 5. The summed E-state index contributed by atoms with van der Waals surface area (Å²) in [5, 5.41) is 6.41. The average Bonchev–Trinajstić information content (AvgIpc) is 2.76. The van der Waals surface area contributed by atoms with Gasteiger partial charge in [-0.1, -0.05) is 13.8 Å². The van der Waals surface area contributed by atoms with E-state index in [1.165, 1.54) is 6.42 Å². The number of likely N-dealkylation sites (tertiary alicyclic amines) is 1. The van der Waals surface area contributed by atoms with Crippen molar-refractivity contribution in [3.05, 3.63) is 0 Å². The topological polar surface area (TPSA) is 47.6 Å². The van der Waals surface area contributed by atoms with Gasteiger partial charge in [-0.25, -0.2) is 4.79 Å². The highest BCUT2D eigenvalue weighted by molar-refractivity contribution is 5.76. The lowest BCUT2D eigenvalue weighted by atomic mass is 9.94. The van der Waals surface area contributed by atoms with E-state index in [2.05, 4.69) is 29.4 Å². The lowest BCUT2D eigenvalue weighted by Gasteiger charge is -2.37. The van der Waals surface area contributed by atoms with Crippen LogP contribution in [-0.4, -0.2) is 67.7 Å². The Morgan fingerprint density at radius 1 is 1.39 bits per heavy atom. The van der Waals surface area contributed by atoms with Gasteiger partial charge in [0.1, 0.15) is 0 Å². The van der Waals surface area contributed by atoms with Gasteiger partial charge < -0.3 is 20.4 Å². The molecule has 0 radical (unpaired) electrons. The monoisotopic (exact) mass is 254 g/mol. The van der Waals surface area contributed by atoms with Crippen LogP contribution in [-0.2, 0) is 0 Å². The summed E-state index contributed by atoms with van der Waals surface area (Å²) in [4.78, 5) is 15.8. The summed E-state index contributed by atoms with van der Waals surface area (Å²) in [5.41, 5.74) is 0. The van der Waals surface area contributed by atoms with Crippen LogP contribution < -0.4 is 10.6 Å². The summed E-state index contributed by atoms with van der Waals surface area (Å²) in [7, 11) is 0. The maximum Gasteiger partial charge on any atom is 0.317 e. The van der Waals surface area contributed by atoms with Gasteiger partial charge in [0.2, 0.25) is 0 Å². The second-order valence-corrected chi connectivity index (χ2v) is 5.45. The Morgan fingerprint density at radius 2 is 2.22 bits per heavy atom. The van der Waals surface area contributed by atoms with E-state index in [1.54, 1.807) is 0 Å². The van der Waals surface area contributed by atoms with Crippen LogP contribution in [0.3, 0.4) is 0 Å². The van der Waals surface area contributed by atoms with E-state index in [0.29, 0.717) is 12.0 Å². The Kier molecular flexibility index (Phi) is 4.83. The number of urea groups is 1. The van der Waals surface area contributed by atoms with Crippen molar-refractivity contribution in [2.24, 2.45) is 5.92 Å². The number of nitrogens with zero attached hydrogens (tertiary/aromatic N) is 2. The molecule has 2 N–H and O–H groups in total. The maximum absolute atomic E-state index is 11.4. The van der Waals surface area contributed by atoms with Crippen molar-refractivity contribution in [3.63, 3.8) is 0 Å². The number of amides is 2. The molecule has 2 heterocycles. The molecule has 0 aromatic carbocycles. The zero-order chi connectivity index (χ0) is 13.0. The molecule has 104 valence electrons. The summed E-state index contributed by atoms with van der Waals surface area (Å²) < 4.78 is 0. The summed E-state index contributed by atoms with van der Waals surface area (Å²) in [6.07, 6.45) is 1.22. The first-order chi connectivity index (χ1) is 8.70. The fraction of sp³-hybridized carbons (Fsp3) is 0.923. The van der Waals surface area contributed by atoms with Crippen molar-refractivity contribution in [1.82, 2.24) is 20.4 Å². The Hall–Kier alpha value is -0.810. The van der Waals surface area contributed by atoms with E-state index >= 15 is 0 Å². The smallest absolute Gasteiger partial charge is 0.317 e. The zero-order valence-corrected chi connectivity index (χ0v) is 11.6. The second kappa shape index (κ2) is 6.38. The van der Waals surface area contributed by atoms with Crippen LogP contribution in [0.1, 0.15) is 20.3 Å². The largest absolute Gasteiger partial charge is 0.336 e. The fourth-order valence-electron chi connectivity index (χ4n) is 2.99. The molecule has 0 bridgehead atoms. The molecule has 0 aliphatic carbocycles. The molecular weight excluding hydrogens is 228 g/mol. The highest BCUT2D eigenvalue weighted by atomic mass is 16.2. The lowest BCUT2D eigenvalue weighted by molar-refractivity contribution is 0.137. The average molecular weight is 254 g/mol. The molecule has 0 aromatic heterocycles. The number of hydrogen-bond donors (Lipinski definition) is 2. The van der Waals surface area contributed by atoms with Crippen LogP contribution in [0.15, 0.2) is 0 Å². The van der Waals surface area contributed by atoms with Crippen LogP contribution >= 0.6 is 0 Å². The first-order valence-corrected chi connectivity index (χ1v) is 7.19. The number of carbonyl (C=O) groups excluding carboxylic acids is 1. The Bertz CT molecular complexity index is 284. The van der Waals surface area contributed by atoms with Crippen molar-refractivity contribution in [3.8, 4) is 0 Å². The van der Waals surface area contributed by atoms with Crippen molar-refractivity contribution in [2.45, 2.75) is 26.3 Å². The highest BCUT2D eigenvalue weighted by Gasteiger charge is 2.26. The van der Waals surface area contributed by atoms with Crippen LogP contribution in [0.25, 0.3) is 0 Å². The molecule has 2 fully saturated rings. The maximum atomic E-state index is 11.4. The third-order valence-electron chi connectivity index (χ3n) is 4.09. The standard InChI is InChI=1S/C13H26N4O/c1-3-14-12-4-6-16(10-11(12)2)8-9-17-7-5-15-13(17)18/h11-12,14H,3-10H2,1-2H3,(H,15,18). The third-order valence-corrected chi connectivity index (χ3v) is 4.09. The molecule has 2 amide bonds. The van der Waals surface area contributed by atoms with E-state index in [1.807, 2.05) is 4.90 Å². The number of carbonyl (C=O) groups is 1. The van der Waals surface area contributed by atoms with E-state index in [4.69, 9.17) is 0 Å². The minimum atomic E-state index is 0.102. The predicted octanol–water partition coefficient (Wildman–Crippen LogP) is 0.332. The quantitative estimate of drug-likeness (QED) is 0.743. The van der Waals surface area contributed by atoms with Gasteiger partial charge in [-0.05, 0) is 25.4 Å². The molecule has 5 nitrogen and oxygen atoms in total. The molecule has 0 aromatic rings. The minimum absolute atomic E-state index is 0.102. The van der Waals surface area contributed by atoms with Gasteiger partial charge in [-0.2, -0.15) is 0 Å². The van der Waals surface area contributed by atoms with Crippen molar-refractivity contribution < 1.29 is 4.79 Å². The first kappa shape index (κ1) is 13.6. The van der Waals surface area contributed by atoms with Gasteiger partial charge in [-0.15, -0.1) is 0 Å². The van der Waals surface area contributed by atoms with E-state index < -0.39 is 0 Å². The molecule has 2 atom stereocenters. The first-order valence-electron chi connectivity index (χ1n) is 7.19. The summed E-state index contributed by atoms with van der Waals surface area (Å²) in [6, 6.07) is 0.770. The SMILES string of the molecule is CCNC1CCN(CCN2CCNC2=O)CC1C. The van der Waals surface area contributed by atoms with Gasteiger partial charge >= 0.3 is 6.03 Å². The molecule has 2 aliphatic heterocycles. The highest BCUT2D eigenvalue weighted by Crippen LogP contribution is 2.16. The third kappa shape index (κ3) is 3.36. The molecule has 2 rings (SSSR count).